The Balaban J connectivity index is 3.96. The summed E-state index contributed by atoms with van der Waals surface area (Å²) in [7, 11) is 0. The maximum Gasteiger partial charge on any atom is 0.304 e. The Morgan fingerprint density at radius 2 is 2.14 bits per heavy atom. The monoisotopic (exact) mass is 201 g/mol. The molecule has 0 bridgehead atoms. The summed E-state index contributed by atoms with van der Waals surface area (Å²) in [6.45, 7) is 8.90. The summed E-state index contributed by atoms with van der Waals surface area (Å²) in [6.07, 6.45) is -0.344. The van der Waals surface area contributed by atoms with Crippen LogP contribution in [0.4, 0.5) is 0 Å². The SMILES string of the molecule is C=C(C)CN(CCC(=O)O)CC(C)O. The molecule has 14 heavy (non-hydrogen) atoms. The molecule has 0 aromatic rings. The number of carbonyl (C=O) groups is 1. The number of rotatable bonds is 7. The average Bonchev–Trinajstić information content (AvgIpc) is 1.97. The summed E-state index contributed by atoms with van der Waals surface area (Å²) in [5.74, 6) is -0.817. The quantitative estimate of drug-likeness (QED) is 0.596. The van der Waals surface area contributed by atoms with Gasteiger partial charge in [0.15, 0.2) is 0 Å². The summed E-state index contributed by atoms with van der Waals surface area (Å²) in [5.41, 5.74) is 0.969. The molecule has 0 radical (unpaired) electrons. The molecule has 4 nitrogen and oxygen atoms in total. The van der Waals surface area contributed by atoms with Crippen molar-refractivity contribution in [1.82, 2.24) is 4.90 Å². The lowest BCUT2D eigenvalue weighted by Gasteiger charge is -2.22. The van der Waals surface area contributed by atoms with Crippen LogP contribution in [-0.2, 0) is 4.79 Å². The number of hydrogen-bond acceptors (Lipinski definition) is 3. The molecular weight excluding hydrogens is 182 g/mol. The molecule has 0 fully saturated rings. The second-order valence-electron chi connectivity index (χ2n) is 3.68. The normalized spacial score (nSPS) is 12.9. The van der Waals surface area contributed by atoms with Gasteiger partial charge in [0.25, 0.3) is 0 Å². The molecule has 0 saturated heterocycles. The lowest BCUT2D eigenvalue weighted by atomic mass is 10.2. The van der Waals surface area contributed by atoms with Crippen LogP contribution in [0, 0.1) is 0 Å². The van der Waals surface area contributed by atoms with Gasteiger partial charge in [0.1, 0.15) is 0 Å². The van der Waals surface area contributed by atoms with Crippen molar-refractivity contribution in [2.24, 2.45) is 0 Å². The van der Waals surface area contributed by atoms with Gasteiger partial charge in [-0.25, -0.2) is 0 Å². The van der Waals surface area contributed by atoms with Gasteiger partial charge in [0.05, 0.1) is 12.5 Å². The number of aliphatic hydroxyl groups excluding tert-OH is 1. The number of aliphatic hydroxyl groups is 1. The Hall–Kier alpha value is -0.870. The van der Waals surface area contributed by atoms with E-state index in [0.29, 0.717) is 19.6 Å². The molecule has 0 rings (SSSR count). The van der Waals surface area contributed by atoms with Crippen LogP contribution in [0.15, 0.2) is 12.2 Å². The van der Waals surface area contributed by atoms with Gasteiger partial charge in [0.2, 0.25) is 0 Å². The van der Waals surface area contributed by atoms with Gasteiger partial charge in [-0.05, 0) is 13.8 Å². The van der Waals surface area contributed by atoms with Crippen molar-refractivity contribution in [3.63, 3.8) is 0 Å². The van der Waals surface area contributed by atoms with E-state index >= 15 is 0 Å². The van der Waals surface area contributed by atoms with Crippen molar-refractivity contribution in [2.45, 2.75) is 26.4 Å². The lowest BCUT2D eigenvalue weighted by molar-refractivity contribution is -0.137. The predicted molar refractivity (Wildman–Crippen MR) is 55.2 cm³/mol. The molecule has 0 aliphatic heterocycles. The fraction of sp³-hybridized carbons (Fsp3) is 0.700. The van der Waals surface area contributed by atoms with Gasteiger partial charge in [0, 0.05) is 19.6 Å². The zero-order valence-electron chi connectivity index (χ0n) is 8.86. The first kappa shape index (κ1) is 13.1. The van der Waals surface area contributed by atoms with Crippen molar-refractivity contribution in [1.29, 1.82) is 0 Å². The van der Waals surface area contributed by atoms with E-state index in [0.717, 1.165) is 5.57 Å². The third kappa shape index (κ3) is 7.76. The van der Waals surface area contributed by atoms with Crippen LogP contribution in [0.2, 0.25) is 0 Å². The highest BCUT2D eigenvalue weighted by Gasteiger charge is 2.09. The van der Waals surface area contributed by atoms with Crippen molar-refractivity contribution >= 4 is 5.97 Å². The van der Waals surface area contributed by atoms with Gasteiger partial charge in [-0.15, -0.1) is 0 Å². The van der Waals surface area contributed by atoms with E-state index in [1.165, 1.54) is 0 Å². The van der Waals surface area contributed by atoms with Crippen molar-refractivity contribution in [2.75, 3.05) is 19.6 Å². The number of carboxylic acid groups (broad SMARTS) is 1. The lowest BCUT2D eigenvalue weighted by Crippen LogP contribution is -2.34. The van der Waals surface area contributed by atoms with Gasteiger partial charge in [-0.3, -0.25) is 9.69 Å². The highest BCUT2D eigenvalue weighted by Crippen LogP contribution is 1.99. The van der Waals surface area contributed by atoms with Crippen LogP contribution in [0.1, 0.15) is 20.3 Å². The molecule has 4 heteroatoms. The summed E-state index contributed by atoms with van der Waals surface area (Å²) in [4.78, 5) is 12.3. The topological polar surface area (TPSA) is 60.8 Å². The molecule has 0 amide bonds. The minimum Gasteiger partial charge on any atom is -0.481 e. The Morgan fingerprint density at radius 1 is 1.57 bits per heavy atom. The molecule has 2 N–H and O–H groups in total. The number of carboxylic acids is 1. The molecule has 0 saturated carbocycles. The first-order chi connectivity index (χ1) is 6.41. The Morgan fingerprint density at radius 3 is 2.50 bits per heavy atom. The fourth-order valence-corrected chi connectivity index (χ4v) is 1.24. The molecule has 0 aliphatic rings. The Bertz CT molecular complexity index is 202. The molecule has 0 aliphatic carbocycles. The summed E-state index contributed by atoms with van der Waals surface area (Å²) in [6, 6.07) is 0. The maximum absolute atomic E-state index is 10.4. The third-order valence-electron chi connectivity index (χ3n) is 1.66. The van der Waals surface area contributed by atoms with Crippen molar-refractivity contribution in [3.8, 4) is 0 Å². The molecule has 0 spiro atoms. The first-order valence-corrected chi connectivity index (χ1v) is 4.68. The van der Waals surface area contributed by atoms with E-state index < -0.39 is 12.1 Å². The molecule has 0 aromatic heterocycles. The molecule has 0 aromatic carbocycles. The third-order valence-corrected chi connectivity index (χ3v) is 1.66. The highest BCUT2D eigenvalue weighted by molar-refractivity contribution is 5.66. The van der Waals surface area contributed by atoms with Crippen LogP contribution in [-0.4, -0.2) is 46.8 Å². The van der Waals surface area contributed by atoms with Gasteiger partial charge in [-0.2, -0.15) is 0 Å². The molecular formula is C10H19NO3. The Kier molecular flexibility index (Phi) is 6.16. The standard InChI is InChI=1S/C10H19NO3/c1-8(2)6-11(7-9(3)12)5-4-10(13)14/h9,12H,1,4-7H2,2-3H3,(H,13,14). The second kappa shape index (κ2) is 6.56. The summed E-state index contributed by atoms with van der Waals surface area (Å²) >= 11 is 0. The van der Waals surface area contributed by atoms with Gasteiger partial charge >= 0.3 is 5.97 Å². The molecule has 1 unspecified atom stereocenters. The van der Waals surface area contributed by atoms with E-state index in [1.807, 2.05) is 11.8 Å². The smallest absolute Gasteiger partial charge is 0.304 e. The van der Waals surface area contributed by atoms with E-state index in [2.05, 4.69) is 6.58 Å². The highest BCUT2D eigenvalue weighted by atomic mass is 16.4. The minimum atomic E-state index is -0.817. The van der Waals surface area contributed by atoms with Crippen LogP contribution in [0.25, 0.3) is 0 Å². The first-order valence-electron chi connectivity index (χ1n) is 4.68. The van der Waals surface area contributed by atoms with Crippen LogP contribution < -0.4 is 0 Å². The van der Waals surface area contributed by atoms with E-state index in [1.54, 1.807) is 6.92 Å². The zero-order valence-corrected chi connectivity index (χ0v) is 8.86. The zero-order chi connectivity index (χ0) is 11.1. The van der Waals surface area contributed by atoms with Crippen LogP contribution in [0.5, 0.6) is 0 Å². The fourth-order valence-electron chi connectivity index (χ4n) is 1.24. The molecule has 1 atom stereocenters. The Labute approximate surface area is 84.8 Å². The summed E-state index contributed by atoms with van der Waals surface area (Å²) in [5, 5.41) is 17.7. The van der Waals surface area contributed by atoms with Gasteiger partial charge in [-0.1, -0.05) is 12.2 Å². The predicted octanol–water partition coefficient (Wildman–Crippen LogP) is 0.720. The number of aliphatic carboxylic acids is 1. The minimum absolute atomic E-state index is 0.0972. The largest absolute Gasteiger partial charge is 0.481 e. The van der Waals surface area contributed by atoms with Crippen molar-refractivity contribution < 1.29 is 15.0 Å². The number of nitrogens with zero attached hydrogens (tertiary/aromatic N) is 1. The molecule has 82 valence electrons. The van der Waals surface area contributed by atoms with Crippen LogP contribution >= 0.6 is 0 Å². The molecule has 0 heterocycles. The van der Waals surface area contributed by atoms with Crippen LogP contribution in [0.3, 0.4) is 0 Å². The average molecular weight is 201 g/mol. The van der Waals surface area contributed by atoms with E-state index in [9.17, 15) is 9.90 Å². The van der Waals surface area contributed by atoms with E-state index in [-0.39, 0.29) is 6.42 Å². The maximum atomic E-state index is 10.4. The van der Waals surface area contributed by atoms with Gasteiger partial charge < -0.3 is 10.2 Å². The second-order valence-corrected chi connectivity index (χ2v) is 3.68. The van der Waals surface area contributed by atoms with Crippen molar-refractivity contribution in [3.05, 3.63) is 12.2 Å². The summed E-state index contributed by atoms with van der Waals surface area (Å²) < 4.78 is 0. The number of hydrogen-bond donors (Lipinski definition) is 2. The van der Waals surface area contributed by atoms with E-state index in [4.69, 9.17) is 5.11 Å².